The van der Waals surface area contributed by atoms with Gasteiger partial charge in [0, 0.05) is 35.9 Å². The summed E-state index contributed by atoms with van der Waals surface area (Å²) in [4.78, 5) is 5.14. The fourth-order valence-corrected chi connectivity index (χ4v) is 1.68. The summed E-state index contributed by atoms with van der Waals surface area (Å²) in [6.45, 7) is 2.17. The summed E-state index contributed by atoms with van der Waals surface area (Å²) in [6, 6.07) is 7.40. The Morgan fingerprint density at radius 2 is 2.05 bits per heavy atom. The lowest BCUT2D eigenvalue weighted by molar-refractivity contribution is -0.889. The van der Waals surface area contributed by atoms with E-state index in [1.54, 1.807) is 18.0 Å². The van der Waals surface area contributed by atoms with E-state index in [0.29, 0.717) is 0 Å². The molecule has 0 saturated carbocycles. The average Bonchev–Trinajstić information content (AvgIpc) is 2.36. The Morgan fingerprint density at radius 1 is 1.26 bits per heavy atom. The number of nitrogens with zero attached hydrogens (tertiary/aromatic N) is 1. The second-order valence-electron chi connectivity index (χ2n) is 4.12. The van der Waals surface area contributed by atoms with Crippen molar-refractivity contribution in [2.75, 3.05) is 7.11 Å². The van der Waals surface area contributed by atoms with Crippen molar-refractivity contribution in [2.24, 2.45) is 0 Å². The molecular weight excluding hydrogens is 249 g/mol. The highest BCUT2D eigenvalue weighted by Gasteiger charge is 2.09. The van der Waals surface area contributed by atoms with E-state index in [0.717, 1.165) is 17.3 Å². The van der Waals surface area contributed by atoms with E-state index in [1.165, 1.54) is 12.1 Å². The maximum Gasteiger partial charge on any atom is 0.231 e. The van der Waals surface area contributed by atoms with Crippen LogP contribution >= 0.6 is 0 Å². The molecule has 4 nitrogen and oxygen atoms in total. The van der Waals surface area contributed by atoms with Crippen LogP contribution in [0.25, 0.3) is 0 Å². The first kappa shape index (κ1) is 13.1. The Morgan fingerprint density at radius 3 is 2.74 bits per heavy atom. The highest BCUT2D eigenvalue weighted by atomic mass is 19.1. The van der Waals surface area contributed by atoms with Crippen LogP contribution < -0.4 is 14.3 Å². The molecule has 0 aliphatic rings. The molecular formula is C14H15FNO3+. The fraction of sp³-hybridized carbons (Fsp3) is 0.214. The summed E-state index contributed by atoms with van der Waals surface area (Å²) in [5.41, 5.74) is 1.82. The molecule has 0 unspecified atom stereocenters. The number of hydrogen-bond donors (Lipinski definition) is 1. The summed E-state index contributed by atoms with van der Waals surface area (Å²) in [7, 11) is 1.57. The third-order valence-corrected chi connectivity index (χ3v) is 2.63. The van der Waals surface area contributed by atoms with Gasteiger partial charge in [-0.15, -0.1) is 0 Å². The van der Waals surface area contributed by atoms with Crippen LogP contribution in [0.5, 0.6) is 11.5 Å². The minimum Gasteiger partial charge on any atom is -0.508 e. The SMILES string of the molecule is CO[n+]1cc(COc2cc(O)cc(F)c2)ccc1C. The molecule has 1 aromatic heterocycles. The van der Waals surface area contributed by atoms with Crippen LogP contribution in [-0.4, -0.2) is 12.2 Å². The van der Waals surface area contributed by atoms with Crippen molar-refractivity contribution in [3.63, 3.8) is 0 Å². The summed E-state index contributed by atoms with van der Waals surface area (Å²) in [6.07, 6.45) is 1.79. The Labute approximate surface area is 110 Å². The van der Waals surface area contributed by atoms with E-state index in [1.807, 2.05) is 19.1 Å². The first-order valence-electron chi connectivity index (χ1n) is 5.76. The van der Waals surface area contributed by atoms with Gasteiger partial charge in [0.15, 0.2) is 0 Å². The molecule has 2 rings (SSSR count). The predicted molar refractivity (Wildman–Crippen MR) is 66.3 cm³/mol. The lowest BCUT2D eigenvalue weighted by atomic mass is 10.2. The Hall–Kier alpha value is -2.30. The minimum absolute atomic E-state index is 0.161. The molecule has 0 fully saturated rings. The van der Waals surface area contributed by atoms with Crippen molar-refractivity contribution in [1.29, 1.82) is 0 Å². The third-order valence-electron chi connectivity index (χ3n) is 2.63. The Balaban J connectivity index is 2.10. The molecule has 0 radical (unpaired) electrons. The first-order valence-corrected chi connectivity index (χ1v) is 5.76. The predicted octanol–water partition coefficient (Wildman–Crippen LogP) is 1.76. The second-order valence-corrected chi connectivity index (χ2v) is 4.12. The monoisotopic (exact) mass is 264 g/mol. The van der Waals surface area contributed by atoms with Gasteiger partial charge in [-0.25, -0.2) is 4.39 Å². The van der Waals surface area contributed by atoms with Gasteiger partial charge < -0.3 is 9.84 Å². The molecule has 1 N–H and O–H groups in total. The molecule has 0 bridgehead atoms. The second kappa shape index (κ2) is 5.56. The number of benzene rings is 1. The van der Waals surface area contributed by atoms with Gasteiger partial charge in [0.1, 0.15) is 31.0 Å². The van der Waals surface area contributed by atoms with Crippen molar-refractivity contribution in [3.05, 3.63) is 53.6 Å². The largest absolute Gasteiger partial charge is 0.508 e. The lowest BCUT2D eigenvalue weighted by Crippen LogP contribution is -2.43. The van der Waals surface area contributed by atoms with Gasteiger partial charge in [0.05, 0.1) is 5.56 Å². The van der Waals surface area contributed by atoms with Crippen LogP contribution in [0.3, 0.4) is 0 Å². The fourth-order valence-electron chi connectivity index (χ4n) is 1.68. The summed E-state index contributed by atoms with van der Waals surface area (Å²) in [5.74, 6) is -0.418. The van der Waals surface area contributed by atoms with E-state index in [-0.39, 0.29) is 18.1 Å². The summed E-state index contributed by atoms with van der Waals surface area (Å²) in [5, 5.41) is 9.27. The molecule has 5 heteroatoms. The van der Waals surface area contributed by atoms with Crippen molar-refractivity contribution >= 4 is 0 Å². The number of aromatic nitrogens is 1. The van der Waals surface area contributed by atoms with E-state index in [9.17, 15) is 9.50 Å². The van der Waals surface area contributed by atoms with Crippen molar-refractivity contribution in [1.82, 2.24) is 0 Å². The van der Waals surface area contributed by atoms with Gasteiger partial charge in [-0.2, -0.15) is 0 Å². The zero-order valence-corrected chi connectivity index (χ0v) is 10.8. The number of pyridine rings is 1. The standard InChI is InChI=1S/C14H14FNO3/c1-10-3-4-11(8-16(10)18-2)9-19-14-6-12(15)5-13(17)7-14/h3-8H,9H2,1-2H3/p+1. The number of phenols is 1. The van der Waals surface area contributed by atoms with Gasteiger partial charge in [0.2, 0.25) is 11.9 Å². The number of aryl methyl sites for hydroxylation is 1. The quantitative estimate of drug-likeness (QED) is 0.856. The van der Waals surface area contributed by atoms with Crippen LogP contribution in [0, 0.1) is 12.7 Å². The molecule has 0 spiro atoms. The maximum atomic E-state index is 13.1. The molecule has 19 heavy (non-hydrogen) atoms. The lowest BCUT2D eigenvalue weighted by Gasteiger charge is -2.06. The van der Waals surface area contributed by atoms with E-state index in [2.05, 4.69) is 0 Å². The van der Waals surface area contributed by atoms with Crippen LogP contribution in [0.2, 0.25) is 0 Å². The van der Waals surface area contributed by atoms with E-state index < -0.39 is 5.82 Å². The van der Waals surface area contributed by atoms with Gasteiger partial charge in [-0.05, 0) is 6.07 Å². The number of aromatic hydroxyl groups is 1. The summed E-state index contributed by atoms with van der Waals surface area (Å²) >= 11 is 0. The number of rotatable bonds is 4. The van der Waals surface area contributed by atoms with Crippen molar-refractivity contribution in [2.45, 2.75) is 13.5 Å². The number of halogens is 1. The Kier molecular flexibility index (Phi) is 3.85. The average molecular weight is 264 g/mol. The summed E-state index contributed by atoms with van der Waals surface area (Å²) < 4.78 is 20.1. The van der Waals surface area contributed by atoms with Gasteiger partial charge in [-0.1, -0.05) is 0 Å². The van der Waals surface area contributed by atoms with Crippen LogP contribution in [0.4, 0.5) is 4.39 Å². The zero-order valence-electron chi connectivity index (χ0n) is 10.8. The van der Waals surface area contributed by atoms with Gasteiger partial charge in [-0.3, -0.25) is 4.84 Å². The highest BCUT2D eigenvalue weighted by Crippen LogP contribution is 2.21. The minimum atomic E-state index is -0.536. The smallest absolute Gasteiger partial charge is 0.231 e. The van der Waals surface area contributed by atoms with Crippen LogP contribution in [-0.2, 0) is 6.61 Å². The topological polar surface area (TPSA) is 42.6 Å². The zero-order chi connectivity index (χ0) is 13.8. The molecule has 0 aliphatic carbocycles. The molecule has 2 aromatic rings. The molecule has 0 amide bonds. The first-order chi connectivity index (χ1) is 9.08. The molecule has 0 aliphatic heterocycles. The van der Waals surface area contributed by atoms with Crippen LogP contribution in [0.15, 0.2) is 36.5 Å². The number of ether oxygens (including phenoxy) is 1. The van der Waals surface area contributed by atoms with Gasteiger partial charge in [0.25, 0.3) is 0 Å². The molecule has 1 aromatic carbocycles. The molecule has 1 heterocycles. The third kappa shape index (κ3) is 3.34. The molecule has 0 saturated heterocycles. The number of hydrogen-bond acceptors (Lipinski definition) is 3. The molecule has 100 valence electrons. The van der Waals surface area contributed by atoms with E-state index in [4.69, 9.17) is 9.57 Å². The maximum absolute atomic E-state index is 13.1. The van der Waals surface area contributed by atoms with Gasteiger partial charge >= 0.3 is 0 Å². The van der Waals surface area contributed by atoms with Crippen molar-refractivity contribution < 1.29 is 23.8 Å². The number of phenolic OH excluding ortho intramolecular Hbond substituents is 1. The van der Waals surface area contributed by atoms with Crippen LogP contribution in [0.1, 0.15) is 11.3 Å². The Bertz CT molecular complexity index is 567. The van der Waals surface area contributed by atoms with Crippen molar-refractivity contribution in [3.8, 4) is 11.5 Å². The van der Waals surface area contributed by atoms with E-state index >= 15 is 0 Å². The molecule has 0 atom stereocenters. The normalized spacial score (nSPS) is 10.3. The highest BCUT2D eigenvalue weighted by molar-refractivity contribution is 5.33.